The molecule has 4 heterocycles. The van der Waals surface area contributed by atoms with Gasteiger partial charge in [-0.25, -0.2) is 14.9 Å². The molecule has 33 heavy (non-hydrogen) atoms. The van der Waals surface area contributed by atoms with E-state index in [0.29, 0.717) is 34.1 Å². The van der Waals surface area contributed by atoms with Gasteiger partial charge in [-0.15, -0.1) is 9.38 Å². The highest BCUT2D eigenvalue weighted by Crippen LogP contribution is 2.33. The minimum Gasteiger partial charge on any atom is -0.618 e. The second kappa shape index (κ2) is 7.59. The first-order valence-corrected chi connectivity index (χ1v) is 10.4. The van der Waals surface area contributed by atoms with Gasteiger partial charge in [0.25, 0.3) is 0 Å². The Morgan fingerprint density at radius 2 is 1.82 bits per heavy atom. The quantitative estimate of drug-likeness (QED) is 0.319. The summed E-state index contributed by atoms with van der Waals surface area (Å²) in [6, 6.07) is 13.2. The molecular weight excluding hydrogens is 420 g/mol. The number of nitrogens with two attached hydrogens (primary N) is 1. The van der Waals surface area contributed by atoms with Gasteiger partial charge in [0.05, 0.1) is 5.56 Å². The maximum absolute atomic E-state index is 13.3. The number of nitrogens with zero attached hydrogens (tertiary/aromatic N) is 6. The number of imidazole rings is 1. The van der Waals surface area contributed by atoms with E-state index >= 15 is 0 Å². The molecule has 0 radical (unpaired) electrons. The number of aryl methyl sites for hydroxylation is 3. The van der Waals surface area contributed by atoms with Crippen LogP contribution in [0.4, 0.5) is 5.95 Å². The summed E-state index contributed by atoms with van der Waals surface area (Å²) in [7, 11) is 1.87. The van der Waals surface area contributed by atoms with E-state index in [1.807, 2.05) is 48.1 Å². The van der Waals surface area contributed by atoms with Crippen LogP contribution in [0.1, 0.15) is 17.2 Å². The van der Waals surface area contributed by atoms with Gasteiger partial charge < -0.3 is 15.5 Å². The summed E-state index contributed by atoms with van der Waals surface area (Å²) >= 11 is 0. The average Bonchev–Trinajstić information content (AvgIpc) is 3.35. The number of nitrogen functional groups attached to an aromatic ring is 1. The third-order valence-electron chi connectivity index (χ3n) is 5.74. The van der Waals surface area contributed by atoms with Crippen molar-refractivity contribution in [3.63, 3.8) is 0 Å². The predicted molar refractivity (Wildman–Crippen MR) is 122 cm³/mol. The van der Waals surface area contributed by atoms with Gasteiger partial charge in [0.1, 0.15) is 18.1 Å². The van der Waals surface area contributed by atoms with Crippen molar-refractivity contribution in [2.24, 2.45) is 7.05 Å². The van der Waals surface area contributed by atoms with Crippen molar-refractivity contribution < 1.29 is 9.13 Å². The van der Waals surface area contributed by atoms with Crippen LogP contribution in [0.15, 0.2) is 59.7 Å². The molecule has 3 N–H and O–H groups in total. The van der Waals surface area contributed by atoms with Crippen LogP contribution in [0.2, 0.25) is 0 Å². The second-order valence-electron chi connectivity index (χ2n) is 8.00. The lowest BCUT2D eigenvalue weighted by atomic mass is 9.99. The van der Waals surface area contributed by atoms with E-state index in [1.54, 1.807) is 32.2 Å². The Balaban J connectivity index is 1.85. The molecular formula is C23H23N8O2+. The van der Waals surface area contributed by atoms with Crippen LogP contribution in [-0.4, -0.2) is 24.3 Å². The van der Waals surface area contributed by atoms with Crippen molar-refractivity contribution in [3.8, 4) is 22.4 Å². The number of fused-ring (bicyclic) bond motifs is 1. The smallest absolute Gasteiger partial charge is 0.428 e. The first kappa shape index (κ1) is 20.4. The molecule has 0 saturated heterocycles. The molecule has 0 aliphatic rings. The lowest BCUT2D eigenvalue weighted by Gasteiger charge is -2.11. The Hall–Kier alpha value is -4.47. The zero-order valence-corrected chi connectivity index (χ0v) is 18.5. The number of aromatic nitrogens is 7. The molecule has 0 aliphatic heterocycles. The number of aromatic amines is 1. The van der Waals surface area contributed by atoms with E-state index in [9.17, 15) is 10.0 Å². The summed E-state index contributed by atoms with van der Waals surface area (Å²) in [5.74, 6) is 0.773. The summed E-state index contributed by atoms with van der Waals surface area (Å²) < 4.78 is 5.52. The van der Waals surface area contributed by atoms with Gasteiger partial charge in [-0.1, -0.05) is 30.3 Å². The van der Waals surface area contributed by atoms with E-state index in [-0.39, 0.29) is 18.2 Å². The number of H-pyrrole nitrogens is 1. The number of rotatable bonds is 4. The van der Waals surface area contributed by atoms with Crippen LogP contribution in [0.25, 0.3) is 28.0 Å². The van der Waals surface area contributed by atoms with E-state index in [1.165, 1.54) is 9.08 Å². The number of hydrogen-bond acceptors (Lipinski definition) is 5. The van der Waals surface area contributed by atoms with Crippen LogP contribution in [0.3, 0.4) is 0 Å². The van der Waals surface area contributed by atoms with Crippen molar-refractivity contribution in [1.29, 1.82) is 0 Å². The maximum Gasteiger partial charge on any atom is 0.428 e. The topological polar surface area (TPSA) is 126 Å². The van der Waals surface area contributed by atoms with Gasteiger partial charge in [-0.2, -0.15) is 9.41 Å². The minimum absolute atomic E-state index is 0.0655. The monoisotopic (exact) mass is 443 g/mol. The SMILES string of the molecule is Cc1cc(-c2c(-c3ccccc3)nc(N)[n+]3c(=O)n(Cc4nccn4C)[nH]c23)cc(C)[n+]1[O-]. The average molecular weight is 443 g/mol. The summed E-state index contributed by atoms with van der Waals surface area (Å²) in [5, 5.41) is 15.5. The van der Waals surface area contributed by atoms with E-state index in [2.05, 4.69) is 15.1 Å². The molecule has 1 aromatic carbocycles. The molecule has 0 spiro atoms. The first-order valence-electron chi connectivity index (χ1n) is 10.4. The third-order valence-corrected chi connectivity index (χ3v) is 5.74. The lowest BCUT2D eigenvalue weighted by Crippen LogP contribution is -2.44. The Labute approximate surface area is 188 Å². The van der Waals surface area contributed by atoms with Gasteiger partial charge in [-0.05, 0) is 0 Å². The molecule has 5 aromatic rings. The van der Waals surface area contributed by atoms with Crippen LogP contribution < -0.4 is 20.6 Å². The highest BCUT2D eigenvalue weighted by Gasteiger charge is 2.27. The van der Waals surface area contributed by atoms with Crippen molar-refractivity contribution in [2.75, 3.05) is 5.73 Å². The highest BCUT2D eigenvalue weighted by atomic mass is 16.5. The van der Waals surface area contributed by atoms with Gasteiger partial charge in [0.15, 0.2) is 11.4 Å². The molecule has 0 atom stereocenters. The highest BCUT2D eigenvalue weighted by molar-refractivity contribution is 5.88. The maximum atomic E-state index is 13.3. The third kappa shape index (κ3) is 3.32. The molecule has 0 unspecified atom stereocenters. The summed E-state index contributed by atoms with van der Waals surface area (Å²) in [6.45, 7) is 3.72. The Bertz CT molecular complexity index is 1540. The van der Waals surface area contributed by atoms with Crippen LogP contribution in [0, 0.1) is 19.1 Å². The van der Waals surface area contributed by atoms with Crippen molar-refractivity contribution >= 4 is 11.6 Å². The fraction of sp³-hybridized carbons (Fsp3) is 0.174. The predicted octanol–water partition coefficient (Wildman–Crippen LogP) is 1.26. The lowest BCUT2D eigenvalue weighted by molar-refractivity contribution is -0.619. The molecule has 0 saturated carbocycles. The zero-order valence-electron chi connectivity index (χ0n) is 18.5. The molecule has 0 amide bonds. The van der Waals surface area contributed by atoms with Gasteiger partial charge in [0.2, 0.25) is 5.65 Å². The van der Waals surface area contributed by atoms with Crippen molar-refractivity contribution in [1.82, 2.24) is 24.3 Å². The Kier molecular flexibility index (Phi) is 4.70. The van der Waals surface area contributed by atoms with Crippen LogP contribution in [0.5, 0.6) is 0 Å². The van der Waals surface area contributed by atoms with E-state index in [0.717, 1.165) is 15.9 Å². The molecule has 5 rings (SSSR count). The number of hydrogen-bond donors (Lipinski definition) is 2. The van der Waals surface area contributed by atoms with E-state index < -0.39 is 0 Å². The fourth-order valence-corrected chi connectivity index (χ4v) is 4.06. The molecule has 0 aliphatic carbocycles. The normalized spacial score (nSPS) is 11.4. The number of pyridine rings is 1. The van der Waals surface area contributed by atoms with Crippen molar-refractivity contribution in [2.45, 2.75) is 20.4 Å². The first-order chi connectivity index (χ1) is 15.8. The zero-order chi connectivity index (χ0) is 23.3. The second-order valence-corrected chi connectivity index (χ2v) is 8.00. The number of nitrogens with one attached hydrogen (secondary N) is 1. The standard InChI is InChI=1S/C23H22N8O2/c1-14-11-17(12-15(2)31(14)33)19-20(16-7-5-4-6-8-16)26-22(24)30-21(19)27-29(23(30)32)13-18-25-9-10-28(18)3/h4-12H,13H2,1-3H3,(H2,24,26,27)/p+1. The summed E-state index contributed by atoms with van der Waals surface area (Å²) in [6.07, 6.45) is 3.50. The van der Waals surface area contributed by atoms with Gasteiger partial charge in [-0.3, -0.25) is 0 Å². The largest absolute Gasteiger partial charge is 0.618 e. The van der Waals surface area contributed by atoms with Crippen molar-refractivity contribution in [3.05, 3.63) is 87.8 Å². The van der Waals surface area contributed by atoms with Gasteiger partial charge >= 0.3 is 11.6 Å². The number of anilines is 1. The van der Waals surface area contributed by atoms with E-state index in [4.69, 9.17) is 5.73 Å². The Morgan fingerprint density at radius 3 is 2.45 bits per heavy atom. The molecule has 166 valence electrons. The summed E-state index contributed by atoms with van der Waals surface area (Å²) in [5.41, 5.74) is 10.4. The Morgan fingerprint density at radius 1 is 1.12 bits per heavy atom. The molecule has 0 bridgehead atoms. The number of benzene rings is 1. The molecule has 0 fully saturated rings. The minimum atomic E-state index is -0.359. The molecule has 4 aromatic heterocycles. The van der Waals surface area contributed by atoms with Crippen LogP contribution >= 0.6 is 0 Å². The van der Waals surface area contributed by atoms with Gasteiger partial charge in [0, 0.05) is 56.5 Å². The van der Waals surface area contributed by atoms with Crippen LogP contribution in [-0.2, 0) is 13.6 Å². The molecule has 10 heteroatoms. The fourth-order valence-electron chi connectivity index (χ4n) is 4.06. The summed E-state index contributed by atoms with van der Waals surface area (Å²) in [4.78, 5) is 22.2. The molecule has 10 nitrogen and oxygen atoms in total.